The minimum atomic E-state index is -0.124. The Morgan fingerprint density at radius 3 is 2.61 bits per heavy atom. The molecule has 1 aliphatic heterocycles. The predicted octanol–water partition coefficient (Wildman–Crippen LogP) is 4.85. The maximum Gasteiger partial charge on any atom is 0.221 e. The molecule has 0 saturated carbocycles. The average molecular weight is 444 g/mol. The highest BCUT2D eigenvalue weighted by Crippen LogP contribution is 2.49. The highest BCUT2D eigenvalue weighted by atomic mass is 16.5. The van der Waals surface area contributed by atoms with Crippen molar-refractivity contribution < 1.29 is 24.5 Å². The molecule has 4 N–H and O–H groups in total. The van der Waals surface area contributed by atoms with E-state index in [1.807, 2.05) is 36.5 Å². The molecule has 0 fully saturated rings. The number of ether oxygens (including phenoxy) is 2. The Balaban J connectivity index is 1.63. The van der Waals surface area contributed by atoms with Crippen molar-refractivity contribution in [2.24, 2.45) is 0 Å². The smallest absolute Gasteiger partial charge is 0.221 e. The number of rotatable bonds is 4. The molecule has 4 aromatic rings. The van der Waals surface area contributed by atoms with Crippen LogP contribution in [0, 0.1) is 0 Å². The number of fused-ring (bicyclic) bond motifs is 2. The van der Waals surface area contributed by atoms with E-state index in [0.717, 1.165) is 33.3 Å². The first-order valence-electron chi connectivity index (χ1n) is 10.7. The van der Waals surface area contributed by atoms with Crippen LogP contribution >= 0.6 is 0 Å². The van der Waals surface area contributed by atoms with Crippen molar-refractivity contribution in [1.82, 2.24) is 4.98 Å². The summed E-state index contributed by atoms with van der Waals surface area (Å²) in [6, 6.07) is 16.4. The third kappa shape index (κ3) is 3.71. The Labute approximate surface area is 190 Å². The molecule has 0 saturated heterocycles. The van der Waals surface area contributed by atoms with Gasteiger partial charge in [0.2, 0.25) is 5.91 Å². The lowest BCUT2D eigenvalue weighted by Gasteiger charge is -2.34. The fraction of sp³-hybridized carbons (Fsp3) is 0.192. The van der Waals surface area contributed by atoms with Crippen molar-refractivity contribution in [3.63, 3.8) is 0 Å². The van der Waals surface area contributed by atoms with E-state index in [-0.39, 0.29) is 29.2 Å². The second kappa shape index (κ2) is 8.09. The van der Waals surface area contributed by atoms with Crippen LogP contribution in [0.1, 0.15) is 35.4 Å². The van der Waals surface area contributed by atoms with Gasteiger partial charge in [-0.15, -0.1) is 0 Å². The van der Waals surface area contributed by atoms with Crippen LogP contribution in [0.5, 0.6) is 23.0 Å². The number of phenols is 2. The molecule has 1 aliphatic rings. The van der Waals surface area contributed by atoms with Gasteiger partial charge < -0.3 is 30.0 Å². The van der Waals surface area contributed by atoms with Gasteiger partial charge in [0.15, 0.2) is 11.5 Å². The first-order chi connectivity index (χ1) is 15.9. The fourth-order valence-corrected chi connectivity index (χ4v) is 4.69. The number of H-pyrrole nitrogens is 1. The highest BCUT2D eigenvalue weighted by Gasteiger charge is 2.35. The van der Waals surface area contributed by atoms with Crippen molar-refractivity contribution in [3.05, 3.63) is 77.5 Å². The summed E-state index contributed by atoms with van der Waals surface area (Å²) in [7, 11) is 1.52. The Hall–Kier alpha value is -4.13. The van der Waals surface area contributed by atoms with E-state index in [2.05, 4.69) is 10.3 Å². The first kappa shape index (κ1) is 20.8. The Bertz CT molecular complexity index is 1340. The molecule has 0 bridgehead atoms. The van der Waals surface area contributed by atoms with Gasteiger partial charge in [-0.05, 0) is 35.4 Å². The number of amides is 1. The standard InChI is InChI=1S/C26H24N2O5/c1-14(29)28-16-5-3-15(4-6-16)26-18-8-7-17(30)9-24(18)33-13-21(26)20-12-27-22-11-25(32-2)23(31)10-19(20)22/h3-12,21,26-27,30-31H,13H2,1-2H3,(H,28,29). The van der Waals surface area contributed by atoms with E-state index in [0.29, 0.717) is 18.1 Å². The molecule has 33 heavy (non-hydrogen) atoms. The molecule has 7 heteroatoms. The van der Waals surface area contributed by atoms with Gasteiger partial charge in [0, 0.05) is 59.2 Å². The normalized spacial score (nSPS) is 17.3. The number of hydrogen-bond acceptors (Lipinski definition) is 5. The van der Waals surface area contributed by atoms with Crippen LogP contribution < -0.4 is 14.8 Å². The van der Waals surface area contributed by atoms with Crippen LogP contribution in [0.3, 0.4) is 0 Å². The number of benzene rings is 3. The van der Waals surface area contributed by atoms with Crippen LogP contribution in [0.2, 0.25) is 0 Å². The minimum absolute atomic E-state index is 0.0600. The molecule has 7 nitrogen and oxygen atoms in total. The van der Waals surface area contributed by atoms with E-state index >= 15 is 0 Å². The van der Waals surface area contributed by atoms with E-state index in [1.165, 1.54) is 14.0 Å². The molecular formula is C26H24N2O5. The Morgan fingerprint density at radius 1 is 1.09 bits per heavy atom. The van der Waals surface area contributed by atoms with Crippen molar-refractivity contribution in [2.75, 3.05) is 19.0 Å². The van der Waals surface area contributed by atoms with Gasteiger partial charge >= 0.3 is 0 Å². The SMILES string of the molecule is COc1cc2[nH]cc(C3COc4cc(O)ccc4C3c3ccc(NC(C)=O)cc3)c2cc1O. The zero-order valence-corrected chi connectivity index (χ0v) is 18.3. The van der Waals surface area contributed by atoms with Crippen LogP contribution in [0.25, 0.3) is 10.9 Å². The summed E-state index contributed by atoms with van der Waals surface area (Å²) in [5.41, 5.74) is 4.61. The summed E-state index contributed by atoms with van der Waals surface area (Å²) in [6.45, 7) is 1.88. The van der Waals surface area contributed by atoms with Crippen LogP contribution in [-0.2, 0) is 4.79 Å². The molecule has 5 rings (SSSR count). The first-order valence-corrected chi connectivity index (χ1v) is 10.7. The maximum atomic E-state index is 11.4. The second-order valence-corrected chi connectivity index (χ2v) is 8.23. The molecule has 0 aliphatic carbocycles. The molecule has 3 aromatic carbocycles. The zero-order valence-electron chi connectivity index (χ0n) is 18.3. The van der Waals surface area contributed by atoms with Crippen molar-refractivity contribution in [2.45, 2.75) is 18.8 Å². The fourth-order valence-electron chi connectivity index (χ4n) is 4.69. The number of carbonyl (C=O) groups is 1. The number of hydrogen-bond donors (Lipinski definition) is 4. The number of aromatic amines is 1. The van der Waals surface area contributed by atoms with Gasteiger partial charge in [-0.1, -0.05) is 18.2 Å². The number of nitrogens with one attached hydrogen (secondary N) is 2. The minimum Gasteiger partial charge on any atom is -0.508 e. The molecule has 2 unspecified atom stereocenters. The number of aromatic hydroxyl groups is 2. The van der Waals surface area contributed by atoms with E-state index in [4.69, 9.17) is 9.47 Å². The summed E-state index contributed by atoms with van der Waals surface area (Å²) in [5.74, 6) is 1.02. The molecule has 168 valence electrons. The molecule has 0 radical (unpaired) electrons. The molecule has 2 atom stereocenters. The quantitative estimate of drug-likeness (QED) is 0.360. The summed E-state index contributed by atoms with van der Waals surface area (Å²) < 4.78 is 11.3. The number of methoxy groups -OCH3 is 1. The summed E-state index contributed by atoms with van der Waals surface area (Å²) in [6.07, 6.45) is 1.95. The van der Waals surface area contributed by atoms with Gasteiger partial charge in [0.1, 0.15) is 11.5 Å². The van der Waals surface area contributed by atoms with Gasteiger partial charge in [0.25, 0.3) is 0 Å². The second-order valence-electron chi connectivity index (χ2n) is 8.23. The van der Waals surface area contributed by atoms with Gasteiger partial charge in [0.05, 0.1) is 13.7 Å². The lowest BCUT2D eigenvalue weighted by Crippen LogP contribution is -2.25. The number of phenolic OH excluding ortho intramolecular Hbond substituents is 2. The van der Waals surface area contributed by atoms with Crippen LogP contribution in [-0.4, -0.2) is 34.8 Å². The van der Waals surface area contributed by atoms with Crippen molar-refractivity contribution in [1.29, 1.82) is 0 Å². The van der Waals surface area contributed by atoms with Crippen molar-refractivity contribution >= 4 is 22.5 Å². The molecule has 0 spiro atoms. The molecule has 2 heterocycles. The Kier molecular flexibility index (Phi) is 5.09. The number of anilines is 1. The summed E-state index contributed by atoms with van der Waals surface area (Å²) in [5, 5.41) is 24.1. The molecule has 1 aromatic heterocycles. The maximum absolute atomic E-state index is 11.4. The van der Waals surface area contributed by atoms with Crippen molar-refractivity contribution in [3.8, 4) is 23.0 Å². The number of carbonyl (C=O) groups excluding carboxylic acids is 1. The highest BCUT2D eigenvalue weighted by molar-refractivity contribution is 5.89. The topological polar surface area (TPSA) is 104 Å². The van der Waals surface area contributed by atoms with E-state index < -0.39 is 0 Å². The molecular weight excluding hydrogens is 420 g/mol. The van der Waals surface area contributed by atoms with Gasteiger partial charge in [-0.25, -0.2) is 0 Å². The zero-order chi connectivity index (χ0) is 23.1. The third-order valence-corrected chi connectivity index (χ3v) is 6.16. The van der Waals surface area contributed by atoms with E-state index in [9.17, 15) is 15.0 Å². The summed E-state index contributed by atoms with van der Waals surface area (Å²) in [4.78, 5) is 14.7. The van der Waals surface area contributed by atoms with Gasteiger partial charge in [-0.2, -0.15) is 0 Å². The monoisotopic (exact) mass is 444 g/mol. The Morgan fingerprint density at radius 2 is 1.88 bits per heavy atom. The van der Waals surface area contributed by atoms with Crippen LogP contribution in [0.15, 0.2) is 60.8 Å². The average Bonchev–Trinajstić information content (AvgIpc) is 3.20. The lowest BCUT2D eigenvalue weighted by molar-refractivity contribution is -0.114. The number of aromatic nitrogens is 1. The lowest BCUT2D eigenvalue weighted by atomic mass is 9.75. The van der Waals surface area contributed by atoms with E-state index in [1.54, 1.807) is 24.3 Å². The largest absolute Gasteiger partial charge is 0.508 e. The summed E-state index contributed by atoms with van der Waals surface area (Å²) >= 11 is 0. The van der Waals surface area contributed by atoms with Crippen LogP contribution in [0.4, 0.5) is 5.69 Å². The molecule has 1 amide bonds. The predicted molar refractivity (Wildman–Crippen MR) is 125 cm³/mol. The third-order valence-electron chi connectivity index (χ3n) is 6.16. The van der Waals surface area contributed by atoms with Gasteiger partial charge in [-0.3, -0.25) is 4.79 Å².